The van der Waals surface area contributed by atoms with E-state index in [1.165, 1.54) is 6.08 Å². The Labute approximate surface area is 243 Å². The maximum atomic E-state index is 13.1. The molecule has 0 aliphatic carbocycles. The number of allylic oxidation sites excluding steroid dienone is 1. The number of phenols is 2. The molecule has 0 spiro atoms. The highest BCUT2D eigenvalue weighted by atomic mass is 19.4. The number of halogens is 5. The van der Waals surface area contributed by atoms with E-state index in [0.29, 0.717) is 25.2 Å². The van der Waals surface area contributed by atoms with E-state index in [9.17, 15) is 42.1 Å². The van der Waals surface area contributed by atoms with E-state index < -0.39 is 30.9 Å². The molecule has 0 fully saturated rings. The minimum Gasteiger partial charge on any atom is -0.508 e. The molecule has 0 saturated carbocycles. The van der Waals surface area contributed by atoms with E-state index in [1.807, 2.05) is 18.2 Å². The first kappa shape index (κ1) is 33.2. The Hall–Kier alpha value is -3.30. The number of carboxylic acids is 1. The Balaban J connectivity index is 1.45. The number of hydrogen-bond acceptors (Lipinski definition) is 4. The lowest BCUT2D eigenvalue weighted by atomic mass is 9.66. The minimum absolute atomic E-state index is 0.130. The van der Waals surface area contributed by atoms with Crippen molar-refractivity contribution in [3.63, 3.8) is 0 Å². The van der Waals surface area contributed by atoms with Gasteiger partial charge in [0.25, 0.3) is 0 Å². The van der Waals surface area contributed by atoms with Crippen molar-refractivity contribution in [1.82, 2.24) is 0 Å². The van der Waals surface area contributed by atoms with Crippen LogP contribution in [-0.2, 0) is 10.2 Å². The van der Waals surface area contributed by atoms with Crippen LogP contribution in [-0.4, -0.2) is 40.0 Å². The molecule has 1 heterocycles. The molecule has 42 heavy (non-hydrogen) atoms. The van der Waals surface area contributed by atoms with Crippen LogP contribution in [0.4, 0.5) is 22.0 Å². The molecule has 10 heteroatoms. The summed E-state index contributed by atoms with van der Waals surface area (Å²) in [5.41, 5.74) is 1.65. The van der Waals surface area contributed by atoms with E-state index in [4.69, 9.17) is 4.74 Å². The van der Waals surface area contributed by atoms with Gasteiger partial charge in [-0.25, -0.2) is 4.79 Å². The first-order valence-corrected chi connectivity index (χ1v) is 14.4. The Morgan fingerprint density at radius 2 is 1.55 bits per heavy atom. The lowest BCUT2D eigenvalue weighted by molar-refractivity contribution is -0.284. The molecule has 1 aliphatic heterocycles. The Kier molecular flexibility index (Phi) is 11.3. The van der Waals surface area contributed by atoms with E-state index in [1.54, 1.807) is 24.3 Å². The fraction of sp³-hybridized carbons (Fsp3) is 0.531. The van der Waals surface area contributed by atoms with Crippen molar-refractivity contribution in [2.24, 2.45) is 0 Å². The minimum atomic E-state index is -5.63. The third-order valence-corrected chi connectivity index (χ3v) is 8.16. The number of unbranched alkanes of at least 4 members (excludes halogenated alkanes) is 6. The predicted molar refractivity (Wildman–Crippen MR) is 149 cm³/mol. The van der Waals surface area contributed by atoms with Gasteiger partial charge < -0.3 is 20.1 Å². The zero-order chi connectivity index (χ0) is 31.0. The first-order valence-electron chi connectivity index (χ1n) is 14.4. The molecule has 0 unspecified atom stereocenters. The molecule has 0 radical (unpaired) electrons. The number of alkyl halides is 5. The molecule has 2 aromatic rings. The van der Waals surface area contributed by atoms with Gasteiger partial charge in [-0.2, -0.15) is 22.0 Å². The van der Waals surface area contributed by atoms with E-state index in [0.717, 1.165) is 49.7 Å². The molecule has 0 bridgehead atoms. The summed E-state index contributed by atoms with van der Waals surface area (Å²) in [5, 5.41) is 29.0. The lowest BCUT2D eigenvalue weighted by Crippen LogP contribution is -2.40. The van der Waals surface area contributed by atoms with Crippen molar-refractivity contribution in [3.8, 4) is 17.2 Å². The van der Waals surface area contributed by atoms with Crippen molar-refractivity contribution >= 4 is 5.97 Å². The Morgan fingerprint density at radius 1 is 0.929 bits per heavy atom. The number of fused-ring (bicyclic) bond motifs is 1. The van der Waals surface area contributed by atoms with Crippen LogP contribution >= 0.6 is 0 Å². The van der Waals surface area contributed by atoms with Crippen LogP contribution in [0.5, 0.6) is 17.2 Å². The van der Waals surface area contributed by atoms with Gasteiger partial charge >= 0.3 is 18.1 Å². The summed E-state index contributed by atoms with van der Waals surface area (Å²) in [4.78, 5) is 11.4. The van der Waals surface area contributed by atoms with Crippen molar-refractivity contribution in [3.05, 3.63) is 65.2 Å². The quantitative estimate of drug-likeness (QED) is 0.108. The van der Waals surface area contributed by atoms with Crippen molar-refractivity contribution in [2.75, 3.05) is 6.61 Å². The van der Waals surface area contributed by atoms with Crippen molar-refractivity contribution in [1.29, 1.82) is 0 Å². The topological polar surface area (TPSA) is 87.0 Å². The maximum absolute atomic E-state index is 13.1. The van der Waals surface area contributed by atoms with Gasteiger partial charge in [0.05, 0.1) is 6.61 Å². The Bertz CT molecular complexity index is 1210. The lowest BCUT2D eigenvalue weighted by Gasteiger charge is -2.43. The fourth-order valence-corrected chi connectivity index (χ4v) is 5.62. The smallest absolute Gasteiger partial charge is 0.453 e. The summed E-state index contributed by atoms with van der Waals surface area (Å²) in [6, 6.07) is 12.4. The third kappa shape index (κ3) is 8.61. The number of aliphatic carboxylic acids is 1. The summed E-state index contributed by atoms with van der Waals surface area (Å²) in [6.45, 7) is 2.59. The monoisotopic (exact) mass is 598 g/mol. The second-order valence-electron chi connectivity index (χ2n) is 11.3. The number of carboxylic acid groups (broad SMARTS) is 1. The molecule has 0 saturated heterocycles. The predicted octanol–water partition coefficient (Wildman–Crippen LogP) is 9.03. The second-order valence-corrected chi connectivity index (χ2v) is 11.3. The number of phenolic OH excluding ortho intramolecular Hbond substituents is 2. The average molecular weight is 599 g/mol. The van der Waals surface area contributed by atoms with Gasteiger partial charge in [-0.3, -0.25) is 0 Å². The van der Waals surface area contributed by atoms with Crippen molar-refractivity contribution in [2.45, 2.75) is 101 Å². The molecule has 2 aromatic carbocycles. The molecule has 0 amide bonds. The van der Waals surface area contributed by atoms with Gasteiger partial charge in [-0.1, -0.05) is 63.3 Å². The standard InChI is InChI=1S/C32H39F5O5/c1-30(23-13-15-24(38)16-14-23)21-42-28-20-25(39)17-18-26(28)27(30)12-8-6-4-2-3-5-7-10-22(29(40)41)11-9-19-31(33,34)32(35,36)37/h10,13-18,20,27,38-39H,2-9,11-12,19,21H2,1H3,(H,40,41)/b22-10-/t27-,30-/m1/s1. The molecule has 3 N–H and O–H groups in total. The van der Waals surface area contributed by atoms with Gasteiger partial charge in [-0.15, -0.1) is 0 Å². The summed E-state index contributed by atoms with van der Waals surface area (Å²) >= 11 is 0. The Morgan fingerprint density at radius 3 is 2.19 bits per heavy atom. The second kappa shape index (κ2) is 14.2. The van der Waals surface area contributed by atoms with Crippen molar-refractivity contribution < 1.29 is 46.8 Å². The van der Waals surface area contributed by atoms with Crippen LogP contribution in [0.15, 0.2) is 54.1 Å². The largest absolute Gasteiger partial charge is 0.508 e. The van der Waals surface area contributed by atoms with Gasteiger partial charge in [0, 0.05) is 29.4 Å². The number of benzene rings is 2. The molecular weight excluding hydrogens is 559 g/mol. The summed E-state index contributed by atoms with van der Waals surface area (Å²) < 4.78 is 69.1. The van der Waals surface area contributed by atoms with Gasteiger partial charge in [0.1, 0.15) is 17.2 Å². The normalized spacial score (nSPS) is 19.3. The van der Waals surface area contributed by atoms with E-state index in [-0.39, 0.29) is 34.8 Å². The SMILES string of the molecule is C[C@]1(c2ccc(O)cc2)COc2cc(O)ccc2[C@H]1CCCCCCCC/C=C(/CCCC(F)(F)C(F)(F)F)C(=O)O. The molecule has 1 aliphatic rings. The molecule has 3 rings (SSSR count). The number of carbonyl (C=O) groups is 1. The zero-order valence-corrected chi connectivity index (χ0v) is 23.7. The third-order valence-electron chi connectivity index (χ3n) is 8.16. The van der Waals surface area contributed by atoms with Crippen LogP contribution in [0.3, 0.4) is 0 Å². The van der Waals surface area contributed by atoms with Crippen LogP contribution in [0.25, 0.3) is 0 Å². The highest BCUT2D eigenvalue weighted by molar-refractivity contribution is 5.86. The fourth-order valence-electron chi connectivity index (χ4n) is 5.62. The van der Waals surface area contributed by atoms with Gasteiger partial charge in [0.2, 0.25) is 0 Å². The molecule has 0 aromatic heterocycles. The van der Waals surface area contributed by atoms with Crippen LogP contribution in [0, 0.1) is 0 Å². The molecule has 232 valence electrons. The molecule has 5 nitrogen and oxygen atoms in total. The summed E-state index contributed by atoms with van der Waals surface area (Å²) in [6.07, 6.45) is 0.196. The number of hydrogen-bond donors (Lipinski definition) is 3. The van der Waals surface area contributed by atoms with Crippen LogP contribution < -0.4 is 4.74 Å². The van der Waals surface area contributed by atoms with Crippen LogP contribution in [0.2, 0.25) is 0 Å². The summed E-state index contributed by atoms with van der Waals surface area (Å²) in [5.74, 6) is -4.95. The summed E-state index contributed by atoms with van der Waals surface area (Å²) in [7, 11) is 0. The maximum Gasteiger partial charge on any atom is 0.453 e. The zero-order valence-electron chi connectivity index (χ0n) is 23.7. The van der Waals surface area contributed by atoms with E-state index >= 15 is 0 Å². The molecular formula is C32H39F5O5. The average Bonchev–Trinajstić information content (AvgIpc) is 2.91. The van der Waals surface area contributed by atoms with E-state index in [2.05, 4.69) is 6.92 Å². The number of aromatic hydroxyl groups is 2. The first-order chi connectivity index (χ1) is 19.7. The van der Waals surface area contributed by atoms with Gasteiger partial charge in [0.15, 0.2) is 0 Å². The van der Waals surface area contributed by atoms with Gasteiger partial charge in [-0.05, 0) is 61.4 Å². The molecule has 2 atom stereocenters. The number of rotatable bonds is 15. The highest BCUT2D eigenvalue weighted by Crippen LogP contribution is 2.50. The highest BCUT2D eigenvalue weighted by Gasteiger charge is 2.56. The van der Waals surface area contributed by atoms with Crippen LogP contribution in [0.1, 0.15) is 94.6 Å². The number of ether oxygens (including phenoxy) is 1.